The van der Waals surface area contributed by atoms with Crippen LogP contribution < -0.4 is 0 Å². The fourth-order valence-electron chi connectivity index (χ4n) is 3.96. The fraction of sp³-hybridized carbons (Fsp3) is 0.778. The smallest absolute Gasteiger partial charge is 0.228 e. The van der Waals surface area contributed by atoms with Gasteiger partial charge >= 0.3 is 0 Å². The van der Waals surface area contributed by atoms with Crippen molar-refractivity contribution < 1.29 is 9.53 Å². The molecule has 24 heavy (non-hydrogen) atoms. The third-order valence-electron chi connectivity index (χ3n) is 5.22. The van der Waals surface area contributed by atoms with Crippen LogP contribution in [-0.2, 0) is 16.0 Å². The summed E-state index contributed by atoms with van der Waals surface area (Å²) in [6.07, 6.45) is 6.32. The summed E-state index contributed by atoms with van der Waals surface area (Å²) >= 11 is 0. The number of aromatic amines is 1. The molecule has 1 aromatic rings. The van der Waals surface area contributed by atoms with Crippen LogP contribution in [0.2, 0.25) is 0 Å². The first-order valence-electron chi connectivity index (χ1n) is 9.24. The van der Waals surface area contributed by atoms with Crippen LogP contribution in [0.25, 0.3) is 0 Å². The van der Waals surface area contributed by atoms with Gasteiger partial charge in [-0.2, -0.15) is 5.10 Å². The Bertz CT molecular complexity index is 501. The van der Waals surface area contributed by atoms with E-state index in [1.807, 2.05) is 11.0 Å². The molecule has 2 fully saturated rings. The molecule has 134 valence electrons. The van der Waals surface area contributed by atoms with Crippen molar-refractivity contribution >= 4 is 5.91 Å². The van der Waals surface area contributed by atoms with Gasteiger partial charge in [0, 0.05) is 38.1 Å². The number of amides is 1. The van der Waals surface area contributed by atoms with E-state index in [0.29, 0.717) is 18.6 Å². The van der Waals surface area contributed by atoms with Gasteiger partial charge in [-0.15, -0.1) is 0 Å². The molecule has 2 aliphatic rings. The third kappa shape index (κ3) is 4.80. The Hall–Kier alpha value is -1.40. The van der Waals surface area contributed by atoms with Gasteiger partial charge in [-0.05, 0) is 51.6 Å². The summed E-state index contributed by atoms with van der Waals surface area (Å²) in [6, 6.07) is 1.87. The van der Waals surface area contributed by atoms with E-state index in [4.69, 9.17) is 4.74 Å². The number of hydrogen-bond donors (Lipinski definition) is 1. The summed E-state index contributed by atoms with van der Waals surface area (Å²) in [6.45, 7) is 9.36. The maximum atomic E-state index is 12.3. The average molecular weight is 334 g/mol. The molecule has 2 atom stereocenters. The number of rotatable bonds is 5. The van der Waals surface area contributed by atoms with Gasteiger partial charge < -0.3 is 9.64 Å². The summed E-state index contributed by atoms with van der Waals surface area (Å²) in [5, 5.41) is 6.77. The molecule has 3 heterocycles. The highest BCUT2D eigenvalue weighted by Crippen LogP contribution is 2.22. The van der Waals surface area contributed by atoms with Crippen molar-refractivity contribution in [2.45, 2.75) is 51.7 Å². The number of H-pyrrole nitrogens is 1. The topological polar surface area (TPSA) is 61.5 Å². The molecule has 0 spiro atoms. The number of nitrogens with zero attached hydrogens (tertiary/aromatic N) is 3. The Morgan fingerprint density at radius 2 is 2.00 bits per heavy atom. The van der Waals surface area contributed by atoms with Crippen LogP contribution in [0.3, 0.4) is 0 Å². The van der Waals surface area contributed by atoms with E-state index in [1.165, 1.54) is 6.42 Å². The SMILES string of the molecule is CC1CN(CCC2CCN(C(=O)Cc3ccn[nH]3)CC2)CC(C)O1. The predicted octanol–water partition coefficient (Wildman–Crippen LogP) is 1.69. The van der Waals surface area contributed by atoms with E-state index in [2.05, 4.69) is 28.9 Å². The maximum absolute atomic E-state index is 12.3. The van der Waals surface area contributed by atoms with E-state index in [1.54, 1.807) is 6.20 Å². The minimum atomic E-state index is 0.216. The van der Waals surface area contributed by atoms with Gasteiger partial charge in [-0.1, -0.05) is 0 Å². The van der Waals surface area contributed by atoms with E-state index in [0.717, 1.165) is 57.2 Å². The standard InChI is InChI=1S/C18H30N4O2/c1-14-12-21(13-15(2)24-14)8-4-16-5-9-22(10-6-16)18(23)11-17-3-7-19-20-17/h3,7,14-16H,4-6,8-13H2,1-2H3,(H,19,20). The van der Waals surface area contributed by atoms with Gasteiger partial charge in [0.05, 0.1) is 18.6 Å². The Labute approximate surface area is 144 Å². The monoisotopic (exact) mass is 334 g/mol. The Morgan fingerprint density at radius 3 is 2.62 bits per heavy atom. The van der Waals surface area contributed by atoms with E-state index >= 15 is 0 Å². The van der Waals surface area contributed by atoms with Gasteiger partial charge in [0.1, 0.15) is 0 Å². The number of aromatic nitrogens is 2. The quantitative estimate of drug-likeness (QED) is 0.890. The van der Waals surface area contributed by atoms with Crippen LogP contribution in [0.5, 0.6) is 0 Å². The molecule has 3 rings (SSSR count). The molecule has 1 aromatic heterocycles. The number of likely N-dealkylation sites (tertiary alicyclic amines) is 1. The lowest BCUT2D eigenvalue weighted by molar-refractivity contribution is -0.132. The van der Waals surface area contributed by atoms with Crippen LogP contribution in [-0.4, -0.2) is 70.8 Å². The first kappa shape index (κ1) is 17.4. The normalized spacial score (nSPS) is 26.7. The molecule has 2 aliphatic heterocycles. The highest BCUT2D eigenvalue weighted by Gasteiger charge is 2.25. The van der Waals surface area contributed by atoms with Crippen molar-refractivity contribution in [3.63, 3.8) is 0 Å². The van der Waals surface area contributed by atoms with Gasteiger partial charge in [-0.3, -0.25) is 14.8 Å². The molecular formula is C18H30N4O2. The summed E-state index contributed by atoms with van der Waals surface area (Å²) in [4.78, 5) is 16.9. The second kappa shape index (κ2) is 8.12. The van der Waals surface area contributed by atoms with Gasteiger partial charge in [0.2, 0.25) is 5.91 Å². The van der Waals surface area contributed by atoms with Crippen LogP contribution in [0, 0.1) is 5.92 Å². The van der Waals surface area contributed by atoms with E-state index in [9.17, 15) is 4.79 Å². The molecule has 6 nitrogen and oxygen atoms in total. The first-order valence-corrected chi connectivity index (χ1v) is 9.24. The molecule has 0 aliphatic carbocycles. The number of piperidine rings is 1. The zero-order chi connectivity index (χ0) is 16.9. The summed E-state index contributed by atoms with van der Waals surface area (Å²) in [5.41, 5.74) is 0.901. The number of hydrogen-bond acceptors (Lipinski definition) is 4. The largest absolute Gasteiger partial charge is 0.373 e. The predicted molar refractivity (Wildman–Crippen MR) is 92.7 cm³/mol. The fourth-order valence-corrected chi connectivity index (χ4v) is 3.96. The Morgan fingerprint density at radius 1 is 1.29 bits per heavy atom. The maximum Gasteiger partial charge on any atom is 0.228 e. The van der Waals surface area contributed by atoms with Gasteiger partial charge in [0.25, 0.3) is 0 Å². The van der Waals surface area contributed by atoms with Crippen LogP contribution >= 0.6 is 0 Å². The van der Waals surface area contributed by atoms with Crippen molar-refractivity contribution in [1.82, 2.24) is 20.0 Å². The molecule has 2 saturated heterocycles. The zero-order valence-corrected chi connectivity index (χ0v) is 14.9. The highest BCUT2D eigenvalue weighted by molar-refractivity contribution is 5.78. The van der Waals surface area contributed by atoms with E-state index < -0.39 is 0 Å². The molecule has 1 N–H and O–H groups in total. The number of ether oxygens (including phenoxy) is 1. The third-order valence-corrected chi connectivity index (χ3v) is 5.22. The molecule has 0 saturated carbocycles. The summed E-state index contributed by atoms with van der Waals surface area (Å²) in [5.74, 6) is 0.961. The minimum absolute atomic E-state index is 0.216. The lowest BCUT2D eigenvalue weighted by Crippen LogP contribution is -2.46. The van der Waals surface area contributed by atoms with Crippen molar-refractivity contribution in [3.05, 3.63) is 18.0 Å². The molecule has 1 amide bonds. The summed E-state index contributed by atoms with van der Waals surface area (Å²) in [7, 11) is 0. The number of carbonyl (C=O) groups is 1. The second-order valence-corrected chi connectivity index (χ2v) is 7.39. The number of carbonyl (C=O) groups excluding carboxylic acids is 1. The van der Waals surface area contributed by atoms with Crippen molar-refractivity contribution in [1.29, 1.82) is 0 Å². The van der Waals surface area contributed by atoms with Gasteiger partial charge in [-0.25, -0.2) is 0 Å². The lowest BCUT2D eigenvalue weighted by atomic mass is 9.93. The van der Waals surface area contributed by atoms with Crippen molar-refractivity contribution in [2.24, 2.45) is 5.92 Å². The van der Waals surface area contributed by atoms with Crippen LogP contribution in [0.1, 0.15) is 38.8 Å². The minimum Gasteiger partial charge on any atom is -0.373 e. The molecule has 2 unspecified atom stereocenters. The molecule has 0 aromatic carbocycles. The molecular weight excluding hydrogens is 304 g/mol. The average Bonchev–Trinajstić information content (AvgIpc) is 3.05. The lowest BCUT2D eigenvalue weighted by Gasteiger charge is -2.37. The number of nitrogens with one attached hydrogen (secondary N) is 1. The molecule has 0 radical (unpaired) electrons. The van der Waals surface area contributed by atoms with Crippen molar-refractivity contribution in [2.75, 3.05) is 32.7 Å². The second-order valence-electron chi connectivity index (χ2n) is 7.39. The highest BCUT2D eigenvalue weighted by atomic mass is 16.5. The molecule has 0 bridgehead atoms. The van der Waals surface area contributed by atoms with Crippen LogP contribution in [0.15, 0.2) is 12.3 Å². The zero-order valence-electron chi connectivity index (χ0n) is 14.9. The van der Waals surface area contributed by atoms with Crippen LogP contribution in [0.4, 0.5) is 0 Å². The van der Waals surface area contributed by atoms with E-state index in [-0.39, 0.29) is 5.91 Å². The number of morpholine rings is 1. The van der Waals surface area contributed by atoms with Crippen molar-refractivity contribution in [3.8, 4) is 0 Å². The van der Waals surface area contributed by atoms with Gasteiger partial charge in [0.15, 0.2) is 0 Å². The summed E-state index contributed by atoms with van der Waals surface area (Å²) < 4.78 is 5.80. The Balaban J connectivity index is 1.37. The Kier molecular flexibility index (Phi) is 5.89. The first-order chi connectivity index (χ1) is 11.6. The molecule has 6 heteroatoms.